The molecule has 0 aliphatic carbocycles. The maximum Gasteiger partial charge on any atom is 0.0620 e. The molecular weight excluding hydrogens is 436 g/mol. The predicted molar refractivity (Wildman–Crippen MR) is 153 cm³/mol. The second-order valence-electron chi connectivity index (χ2n) is 9.82. The highest BCUT2D eigenvalue weighted by Gasteiger charge is 2.20. The Kier molecular flexibility index (Phi) is 3.31. The fourth-order valence-electron chi connectivity index (χ4n) is 6.48. The molecule has 0 atom stereocenters. The first kappa shape index (κ1) is 18.5. The van der Waals surface area contributed by atoms with Gasteiger partial charge in [-0.3, -0.25) is 0 Å². The van der Waals surface area contributed by atoms with E-state index in [2.05, 4.69) is 130 Å². The Balaban J connectivity index is 1.50. The Hall–Kier alpha value is -4.82. The molecule has 0 bridgehead atoms. The summed E-state index contributed by atoms with van der Waals surface area (Å²) in [5, 5.41) is 10.4. The van der Waals surface area contributed by atoms with Crippen molar-refractivity contribution in [1.82, 2.24) is 8.97 Å². The molecule has 3 aromatic heterocycles. The molecule has 0 aliphatic rings. The Labute approximate surface area is 206 Å². The highest BCUT2D eigenvalue weighted by molar-refractivity contribution is 6.26. The predicted octanol–water partition coefficient (Wildman–Crippen LogP) is 9.09. The zero-order valence-corrected chi connectivity index (χ0v) is 19.4. The summed E-state index contributed by atoms with van der Waals surface area (Å²) in [5.41, 5.74) is 7.55. The zero-order valence-electron chi connectivity index (χ0n) is 19.4. The molecule has 0 spiro atoms. The standard InChI is InChI=1S/C34H20N2/c1-2-9-22-18-23(17-16-21(22)8-1)35-30-14-5-4-11-25(30)28-19-33-29(20-32(28)35)27-13-7-12-26-24-10-3-6-15-31(24)36(33)34(26)27/h1-20H. The Morgan fingerprint density at radius 1 is 0.361 bits per heavy atom. The molecule has 0 saturated carbocycles. The van der Waals surface area contributed by atoms with Crippen molar-refractivity contribution in [2.24, 2.45) is 0 Å². The molecule has 0 amide bonds. The number of fused-ring (bicyclic) bond motifs is 10. The smallest absolute Gasteiger partial charge is 0.0620 e. The highest BCUT2D eigenvalue weighted by atomic mass is 15.0. The van der Waals surface area contributed by atoms with E-state index in [1.807, 2.05) is 0 Å². The molecule has 0 aliphatic heterocycles. The molecule has 9 aromatic rings. The number of hydrogen-bond donors (Lipinski definition) is 0. The van der Waals surface area contributed by atoms with Gasteiger partial charge in [0.2, 0.25) is 0 Å². The van der Waals surface area contributed by atoms with Gasteiger partial charge in [-0.15, -0.1) is 0 Å². The van der Waals surface area contributed by atoms with Crippen LogP contribution in [0.1, 0.15) is 0 Å². The molecule has 6 aromatic carbocycles. The van der Waals surface area contributed by atoms with Crippen molar-refractivity contribution >= 4 is 70.7 Å². The lowest BCUT2D eigenvalue weighted by Gasteiger charge is -2.09. The lowest BCUT2D eigenvalue weighted by atomic mass is 10.1. The van der Waals surface area contributed by atoms with Crippen LogP contribution in [0.15, 0.2) is 121 Å². The summed E-state index contributed by atoms with van der Waals surface area (Å²) in [4.78, 5) is 0. The molecule has 166 valence electrons. The Morgan fingerprint density at radius 3 is 1.83 bits per heavy atom. The van der Waals surface area contributed by atoms with Crippen LogP contribution in [0, 0.1) is 0 Å². The minimum Gasteiger partial charge on any atom is -0.309 e. The van der Waals surface area contributed by atoms with Gasteiger partial charge in [-0.05, 0) is 47.2 Å². The second-order valence-corrected chi connectivity index (χ2v) is 9.82. The highest BCUT2D eigenvalue weighted by Crippen LogP contribution is 2.42. The second kappa shape index (κ2) is 6.44. The lowest BCUT2D eigenvalue weighted by Crippen LogP contribution is -1.93. The summed E-state index contributed by atoms with van der Waals surface area (Å²) in [7, 11) is 0. The van der Waals surface area contributed by atoms with Crippen LogP contribution in [-0.2, 0) is 0 Å². The summed E-state index contributed by atoms with van der Waals surface area (Å²) in [5.74, 6) is 0. The topological polar surface area (TPSA) is 9.34 Å². The summed E-state index contributed by atoms with van der Waals surface area (Å²) >= 11 is 0. The zero-order chi connectivity index (χ0) is 23.4. The van der Waals surface area contributed by atoms with Crippen LogP contribution in [0.4, 0.5) is 0 Å². The molecule has 3 heterocycles. The van der Waals surface area contributed by atoms with Crippen LogP contribution in [0.2, 0.25) is 0 Å². The van der Waals surface area contributed by atoms with Gasteiger partial charge in [0.25, 0.3) is 0 Å². The lowest BCUT2D eigenvalue weighted by molar-refractivity contribution is 1.19. The molecular formula is C34H20N2. The van der Waals surface area contributed by atoms with Crippen molar-refractivity contribution in [3.8, 4) is 5.69 Å². The van der Waals surface area contributed by atoms with E-state index in [1.54, 1.807) is 0 Å². The molecule has 2 heteroatoms. The van der Waals surface area contributed by atoms with Gasteiger partial charge in [-0.25, -0.2) is 0 Å². The summed E-state index contributed by atoms with van der Waals surface area (Å²) in [6.45, 7) is 0. The third-order valence-electron chi connectivity index (χ3n) is 8.01. The van der Waals surface area contributed by atoms with Crippen LogP contribution in [0.3, 0.4) is 0 Å². The summed E-state index contributed by atoms with van der Waals surface area (Å²) in [6, 6.07) is 44.5. The SMILES string of the molecule is c1ccc2cc(-n3c4ccccc4c4cc5c(cc43)c3cccc4c6ccccc6n5c43)ccc2c1. The first-order valence-corrected chi connectivity index (χ1v) is 12.5. The van der Waals surface area contributed by atoms with E-state index in [-0.39, 0.29) is 0 Å². The molecule has 9 rings (SSSR count). The van der Waals surface area contributed by atoms with Gasteiger partial charge in [0.1, 0.15) is 0 Å². The van der Waals surface area contributed by atoms with Gasteiger partial charge in [-0.2, -0.15) is 0 Å². The number of aromatic nitrogens is 2. The normalized spacial score (nSPS) is 12.4. The number of nitrogens with zero attached hydrogens (tertiary/aromatic N) is 2. The Bertz CT molecular complexity index is 2310. The molecule has 0 N–H and O–H groups in total. The summed E-state index contributed by atoms with van der Waals surface area (Å²) in [6.07, 6.45) is 0. The van der Waals surface area contributed by atoms with Crippen molar-refractivity contribution in [1.29, 1.82) is 0 Å². The Morgan fingerprint density at radius 2 is 0.972 bits per heavy atom. The first-order chi connectivity index (χ1) is 17.9. The van der Waals surface area contributed by atoms with Gasteiger partial charge in [0.05, 0.1) is 27.6 Å². The molecule has 0 saturated heterocycles. The number of hydrogen-bond acceptors (Lipinski definition) is 0. The minimum absolute atomic E-state index is 1.20. The van der Waals surface area contributed by atoms with Crippen molar-refractivity contribution in [3.05, 3.63) is 121 Å². The van der Waals surface area contributed by atoms with E-state index in [9.17, 15) is 0 Å². The van der Waals surface area contributed by atoms with Gasteiger partial charge in [-0.1, -0.05) is 84.9 Å². The van der Waals surface area contributed by atoms with Gasteiger partial charge in [0, 0.05) is 38.0 Å². The third kappa shape index (κ3) is 2.18. The van der Waals surface area contributed by atoms with Gasteiger partial charge < -0.3 is 8.97 Å². The van der Waals surface area contributed by atoms with Gasteiger partial charge >= 0.3 is 0 Å². The molecule has 0 radical (unpaired) electrons. The van der Waals surface area contributed by atoms with E-state index >= 15 is 0 Å². The van der Waals surface area contributed by atoms with Crippen LogP contribution in [0.5, 0.6) is 0 Å². The molecule has 2 nitrogen and oxygen atoms in total. The summed E-state index contributed by atoms with van der Waals surface area (Å²) < 4.78 is 4.90. The van der Waals surface area contributed by atoms with Crippen molar-refractivity contribution in [3.63, 3.8) is 0 Å². The first-order valence-electron chi connectivity index (χ1n) is 12.5. The minimum atomic E-state index is 1.20. The fraction of sp³-hybridized carbons (Fsp3) is 0. The van der Waals surface area contributed by atoms with E-state index in [0.717, 1.165) is 0 Å². The molecule has 0 fully saturated rings. The number of rotatable bonds is 1. The van der Waals surface area contributed by atoms with E-state index in [0.29, 0.717) is 0 Å². The van der Waals surface area contributed by atoms with E-state index in [1.165, 1.54) is 76.4 Å². The largest absolute Gasteiger partial charge is 0.309 e. The van der Waals surface area contributed by atoms with Crippen molar-refractivity contribution in [2.45, 2.75) is 0 Å². The van der Waals surface area contributed by atoms with Crippen LogP contribution < -0.4 is 0 Å². The third-order valence-corrected chi connectivity index (χ3v) is 8.01. The maximum atomic E-state index is 2.47. The average Bonchev–Trinajstić information content (AvgIpc) is 3.56. The molecule has 0 unspecified atom stereocenters. The van der Waals surface area contributed by atoms with Crippen LogP contribution in [0.25, 0.3) is 76.4 Å². The van der Waals surface area contributed by atoms with Crippen molar-refractivity contribution < 1.29 is 0 Å². The monoisotopic (exact) mass is 456 g/mol. The molecule has 36 heavy (non-hydrogen) atoms. The van der Waals surface area contributed by atoms with Gasteiger partial charge in [0.15, 0.2) is 0 Å². The van der Waals surface area contributed by atoms with Crippen molar-refractivity contribution in [2.75, 3.05) is 0 Å². The van der Waals surface area contributed by atoms with E-state index < -0.39 is 0 Å². The van der Waals surface area contributed by atoms with Crippen LogP contribution in [-0.4, -0.2) is 8.97 Å². The quantitative estimate of drug-likeness (QED) is 0.233. The average molecular weight is 457 g/mol. The van der Waals surface area contributed by atoms with Crippen LogP contribution >= 0.6 is 0 Å². The fourth-order valence-corrected chi connectivity index (χ4v) is 6.48. The van der Waals surface area contributed by atoms with E-state index in [4.69, 9.17) is 0 Å². The maximum absolute atomic E-state index is 2.47. The number of benzene rings is 6. The number of para-hydroxylation sites is 3.